The molecule has 0 saturated carbocycles. The van der Waals surface area contributed by atoms with Crippen molar-refractivity contribution in [1.29, 1.82) is 0 Å². The van der Waals surface area contributed by atoms with Crippen LogP contribution in [0.25, 0.3) is 0 Å². The Hall–Kier alpha value is -1.02. The Morgan fingerprint density at radius 1 is 1.05 bits per heavy atom. The number of nitrogens with one attached hydrogen (secondary N) is 1. The zero-order valence-electron chi connectivity index (χ0n) is 13.3. The molecule has 0 amide bonds. The lowest BCUT2D eigenvalue weighted by Gasteiger charge is -2.26. The van der Waals surface area contributed by atoms with E-state index in [0.29, 0.717) is 6.04 Å². The van der Waals surface area contributed by atoms with E-state index >= 15 is 0 Å². The maximum absolute atomic E-state index is 5.68. The van der Waals surface area contributed by atoms with E-state index in [1.807, 2.05) is 0 Å². The van der Waals surface area contributed by atoms with E-state index in [1.54, 1.807) is 0 Å². The molecule has 19 heavy (non-hydrogen) atoms. The monoisotopic (exact) mass is 263 g/mol. The van der Waals surface area contributed by atoms with Gasteiger partial charge in [0.25, 0.3) is 0 Å². The zero-order valence-corrected chi connectivity index (χ0v) is 13.3. The van der Waals surface area contributed by atoms with E-state index in [4.69, 9.17) is 4.74 Å². The highest BCUT2D eigenvalue weighted by molar-refractivity contribution is 5.31. The third-order valence-electron chi connectivity index (χ3n) is 3.31. The Labute approximate surface area is 118 Å². The average Bonchev–Trinajstić information content (AvgIpc) is 2.28. The number of benzene rings is 1. The molecule has 0 aliphatic carbocycles. The molecule has 2 nitrogen and oxygen atoms in total. The van der Waals surface area contributed by atoms with E-state index < -0.39 is 0 Å². The Kier molecular flexibility index (Phi) is 5.86. The molecule has 1 rings (SSSR count). The van der Waals surface area contributed by atoms with Gasteiger partial charge in [-0.05, 0) is 49.9 Å². The molecule has 0 unspecified atom stereocenters. The van der Waals surface area contributed by atoms with Gasteiger partial charge in [0, 0.05) is 6.04 Å². The van der Waals surface area contributed by atoms with Crippen LogP contribution < -0.4 is 10.1 Å². The summed E-state index contributed by atoms with van der Waals surface area (Å²) in [4.78, 5) is 0. The van der Waals surface area contributed by atoms with E-state index in [-0.39, 0.29) is 11.5 Å². The standard InChI is InChI=1S/C17H29NO/c1-13(2)18-12-11-17(5,6)15-7-9-16(10-8-15)19-14(3)4/h7-10,13-14,18H,11-12H2,1-6H3. The first-order chi connectivity index (χ1) is 8.81. The molecule has 1 aromatic rings. The van der Waals surface area contributed by atoms with Gasteiger partial charge in [-0.2, -0.15) is 0 Å². The molecule has 2 heteroatoms. The first-order valence-corrected chi connectivity index (χ1v) is 7.32. The Bertz CT molecular complexity index is 365. The van der Waals surface area contributed by atoms with Gasteiger partial charge in [-0.15, -0.1) is 0 Å². The van der Waals surface area contributed by atoms with Crippen molar-refractivity contribution in [3.63, 3.8) is 0 Å². The van der Waals surface area contributed by atoms with E-state index in [9.17, 15) is 0 Å². The molecule has 1 N–H and O–H groups in total. The number of hydrogen-bond acceptors (Lipinski definition) is 2. The maximum Gasteiger partial charge on any atom is 0.119 e. The SMILES string of the molecule is CC(C)NCCC(C)(C)c1ccc(OC(C)C)cc1. The van der Waals surface area contributed by atoms with Gasteiger partial charge in [-0.1, -0.05) is 39.8 Å². The van der Waals surface area contributed by atoms with Gasteiger partial charge in [0.1, 0.15) is 5.75 Å². The Balaban J connectivity index is 2.62. The molecule has 0 atom stereocenters. The molecule has 1 aromatic carbocycles. The number of hydrogen-bond donors (Lipinski definition) is 1. The number of ether oxygens (including phenoxy) is 1. The summed E-state index contributed by atoms with van der Waals surface area (Å²) >= 11 is 0. The Morgan fingerprint density at radius 3 is 2.11 bits per heavy atom. The predicted octanol–water partition coefficient (Wildman–Crippen LogP) is 4.14. The van der Waals surface area contributed by atoms with Crippen molar-refractivity contribution in [2.75, 3.05) is 6.54 Å². The molecule has 0 saturated heterocycles. The van der Waals surface area contributed by atoms with Crippen LogP contribution in [0, 0.1) is 0 Å². The predicted molar refractivity (Wildman–Crippen MR) is 83.0 cm³/mol. The second-order valence-electron chi connectivity index (χ2n) is 6.43. The minimum atomic E-state index is 0.193. The lowest BCUT2D eigenvalue weighted by Crippen LogP contribution is -2.29. The molecule has 0 radical (unpaired) electrons. The van der Waals surface area contributed by atoms with Gasteiger partial charge in [-0.3, -0.25) is 0 Å². The van der Waals surface area contributed by atoms with Crippen LogP contribution in [0.15, 0.2) is 24.3 Å². The molecule has 0 aromatic heterocycles. The summed E-state index contributed by atoms with van der Waals surface area (Å²) in [6, 6.07) is 9.08. The van der Waals surface area contributed by atoms with Crippen molar-refractivity contribution in [3.05, 3.63) is 29.8 Å². The fraction of sp³-hybridized carbons (Fsp3) is 0.647. The van der Waals surface area contributed by atoms with Crippen molar-refractivity contribution in [2.24, 2.45) is 0 Å². The minimum Gasteiger partial charge on any atom is -0.491 e. The molecular weight excluding hydrogens is 234 g/mol. The Morgan fingerprint density at radius 2 is 1.63 bits per heavy atom. The van der Waals surface area contributed by atoms with Crippen LogP contribution in [-0.4, -0.2) is 18.7 Å². The van der Waals surface area contributed by atoms with Crippen molar-refractivity contribution in [3.8, 4) is 5.75 Å². The molecule has 0 heterocycles. The van der Waals surface area contributed by atoms with Gasteiger partial charge in [0.15, 0.2) is 0 Å². The summed E-state index contributed by atoms with van der Waals surface area (Å²) in [5.41, 5.74) is 1.56. The van der Waals surface area contributed by atoms with Crippen molar-refractivity contribution >= 4 is 0 Å². The fourth-order valence-corrected chi connectivity index (χ4v) is 2.07. The van der Waals surface area contributed by atoms with Crippen molar-refractivity contribution < 1.29 is 4.74 Å². The lowest BCUT2D eigenvalue weighted by atomic mass is 9.81. The van der Waals surface area contributed by atoms with Gasteiger partial charge < -0.3 is 10.1 Å². The molecule has 0 fully saturated rings. The molecule has 0 spiro atoms. The summed E-state index contributed by atoms with van der Waals surface area (Å²) in [6.45, 7) is 14.1. The summed E-state index contributed by atoms with van der Waals surface area (Å²) in [7, 11) is 0. The van der Waals surface area contributed by atoms with Gasteiger partial charge in [0.05, 0.1) is 6.10 Å². The van der Waals surface area contributed by atoms with Crippen LogP contribution >= 0.6 is 0 Å². The van der Waals surface area contributed by atoms with Gasteiger partial charge in [0.2, 0.25) is 0 Å². The third kappa shape index (κ3) is 5.65. The highest BCUT2D eigenvalue weighted by Gasteiger charge is 2.20. The smallest absolute Gasteiger partial charge is 0.119 e. The highest BCUT2D eigenvalue weighted by atomic mass is 16.5. The second kappa shape index (κ2) is 6.95. The summed E-state index contributed by atoms with van der Waals surface area (Å²) in [5, 5.41) is 3.48. The van der Waals surface area contributed by atoms with Gasteiger partial charge >= 0.3 is 0 Å². The molecule has 0 bridgehead atoms. The quantitative estimate of drug-likeness (QED) is 0.798. The van der Waals surface area contributed by atoms with Crippen LogP contribution in [0.4, 0.5) is 0 Å². The van der Waals surface area contributed by atoms with Crippen molar-refractivity contribution in [1.82, 2.24) is 5.32 Å². The second-order valence-corrected chi connectivity index (χ2v) is 6.43. The van der Waals surface area contributed by atoms with Crippen LogP contribution in [0.5, 0.6) is 5.75 Å². The van der Waals surface area contributed by atoms with Gasteiger partial charge in [-0.25, -0.2) is 0 Å². The van der Waals surface area contributed by atoms with Crippen molar-refractivity contribution in [2.45, 2.75) is 65.5 Å². The maximum atomic E-state index is 5.68. The highest BCUT2D eigenvalue weighted by Crippen LogP contribution is 2.28. The van der Waals surface area contributed by atoms with Crippen LogP contribution in [0.1, 0.15) is 53.5 Å². The minimum absolute atomic E-state index is 0.193. The average molecular weight is 263 g/mol. The first kappa shape index (κ1) is 16.0. The summed E-state index contributed by atoms with van der Waals surface area (Å²) < 4.78 is 5.68. The fourth-order valence-electron chi connectivity index (χ4n) is 2.07. The largest absolute Gasteiger partial charge is 0.491 e. The molecule has 0 aliphatic rings. The molecule has 108 valence electrons. The van der Waals surface area contributed by atoms with E-state index in [1.165, 1.54) is 5.56 Å². The van der Waals surface area contributed by atoms with Crippen LogP contribution in [0.2, 0.25) is 0 Å². The molecular formula is C17H29NO. The lowest BCUT2D eigenvalue weighted by molar-refractivity contribution is 0.242. The van der Waals surface area contributed by atoms with Crippen LogP contribution in [0.3, 0.4) is 0 Å². The summed E-state index contributed by atoms with van der Waals surface area (Å²) in [5.74, 6) is 0.954. The zero-order chi connectivity index (χ0) is 14.5. The topological polar surface area (TPSA) is 21.3 Å². The normalized spacial score (nSPS) is 12.2. The van der Waals surface area contributed by atoms with E-state index in [2.05, 4.69) is 71.1 Å². The van der Waals surface area contributed by atoms with Crippen LogP contribution in [-0.2, 0) is 5.41 Å². The number of rotatable bonds is 7. The molecule has 0 aliphatic heterocycles. The first-order valence-electron chi connectivity index (χ1n) is 7.32. The van der Waals surface area contributed by atoms with E-state index in [0.717, 1.165) is 18.7 Å². The summed E-state index contributed by atoms with van der Waals surface area (Å²) in [6.07, 6.45) is 1.37. The third-order valence-corrected chi connectivity index (χ3v) is 3.31.